The lowest BCUT2D eigenvalue weighted by Gasteiger charge is -2.07. The van der Waals surface area contributed by atoms with Gasteiger partial charge in [-0.15, -0.1) is 0 Å². The number of aryl methyl sites for hydroxylation is 2. The molecule has 0 amide bonds. The number of imidazole rings is 1. The van der Waals surface area contributed by atoms with Gasteiger partial charge >= 0.3 is 0 Å². The SMILES string of the molecule is Cc1c(C)c2[nH]c(-c3ccccc3)nc2c2ccccc12. The number of H-pyrrole nitrogens is 1. The molecule has 0 aliphatic carbocycles. The summed E-state index contributed by atoms with van der Waals surface area (Å²) in [6.45, 7) is 4.34. The van der Waals surface area contributed by atoms with Crippen molar-refractivity contribution in [3.63, 3.8) is 0 Å². The zero-order valence-electron chi connectivity index (χ0n) is 12.1. The maximum atomic E-state index is 4.86. The number of benzene rings is 3. The predicted octanol–water partition coefficient (Wildman–Crippen LogP) is 5.00. The van der Waals surface area contributed by atoms with Crippen molar-refractivity contribution in [2.45, 2.75) is 13.8 Å². The molecule has 1 N–H and O–H groups in total. The van der Waals surface area contributed by atoms with Crippen LogP contribution in [-0.2, 0) is 0 Å². The lowest BCUT2D eigenvalue weighted by molar-refractivity contribution is 1.32. The van der Waals surface area contributed by atoms with Gasteiger partial charge in [-0.3, -0.25) is 0 Å². The Morgan fingerprint density at radius 2 is 1.43 bits per heavy atom. The molecule has 0 bridgehead atoms. The number of aromatic amines is 1. The minimum Gasteiger partial charge on any atom is -0.338 e. The van der Waals surface area contributed by atoms with Gasteiger partial charge < -0.3 is 4.98 Å². The molecule has 0 spiro atoms. The van der Waals surface area contributed by atoms with Crippen LogP contribution >= 0.6 is 0 Å². The van der Waals surface area contributed by atoms with E-state index in [1.165, 1.54) is 21.9 Å². The average molecular weight is 272 g/mol. The largest absolute Gasteiger partial charge is 0.338 e. The quantitative estimate of drug-likeness (QED) is 0.519. The Morgan fingerprint density at radius 1 is 0.762 bits per heavy atom. The van der Waals surface area contributed by atoms with Gasteiger partial charge in [0.25, 0.3) is 0 Å². The highest BCUT2D eigenvalue weighted by Crippen LogP contribution is 2.32. The van der Waals surface area contributed by atoms with Gasteiger partial charge in [-0.1, -0.05) is 54.6 Å². The number of aromatic nitrogens is 2. The Hall–Kier alpha value is -2.61. The number of hydrogen-bond donors (Lipinski definition) is 1. The molecule has 102 valence electrons. The van der Waals surface area contributed by atoms with E-state index in [4.69, 9.17) is 4.98 Å². The van der Waals surface area contributed by atoms with E-state index < -0.39 is 0 Å². The van der Waals surface area contributed by atoms with Crippen molar-refractivity contribution >= 4 is 21.8 Å². The van der Waals surface area contributed by atoms with Crippen LogP contribution in [0.3, 0.4) is 0 Å². The summed E-state index contributed by atoms with van der Waals surface area (Å²) in [5.41, 5.74) is 5.92. The summed E-state index contributed by atoms with van der Waals surface area (Å²) >= 11 is 0. The molecule has 0 atom stereocenters. The topological polar surface area (TPSA) is 28.7 Å². The highest BCUT2D eigenvalue weighted by molar-refractivity contribution is 6.08. The molecule has 0 saturated heterocycles. The van der Waals surface area contributed by atoms with Crippen LogP contribution in [0.15, 0.2) is 54.6 Å². The van der Waals surface area contributed by atoms with E-state index in [9.17, 15) is 0 Å². The summed E-state index contributed by atoms with van der Waals surface area (Å²) in [6, 6.07) is 18.8. The average Bonchev–Trinajstić information content (AvgIpc) is 2.99. The predicted molar refractivity (Wildman–Crippen MR) is 88.5 cm³/mol. The Morgan fingerprint density at radius 3 is 2.19 bits per heavy atom. The molecule has 3 aromatic carbocycles. The number of nitrogens with one attached hydrogen (secondary N) is 1. The maximum Gasteiger partial charge on any atom is 0.138 e. The lowest BCUT2D eigenvalue weighted by Crippen LogP contribution is -1.87. The standard InChI is InChI=1S/C19H16N2/c1-12-13(2)17-18(16-11-7-6-10-15(12)16)21-19(20-17)14-8-4-3-5-9-14/h3-11H,1-2H3,(H,20,21). The molecule has 0 aliphatic heterocycles. The van der Waals surface area contributed by atoms with Crippen molar-refractivity contribution in [2.24, 2.45) is 0 Å². The molecule has 4 aromatic rings. The second kappa shape index (κ2) is 4.45. The molecule has 0 saturated carbocycles. The van der Waals surface area contributed by atoms with E-state index in [2.05, 4.69) is 55.2 Å². The monoisotopic (exact) mass is 272 g/mol. The smallest absolute Gasteiger partial charge is 0.138 e. The first-order valence-electron chi connectivity index (χ1n) is 7.19. The van der Waals surface area contributed by atoms with E-state index >= 15 is 0 Å². The van der Waals surface area contributed by atoms with Gasteiger partial charge in [0.1, 0.15) is 5.82 Å². The van der Waals surface area contributed by atoms with Crippen molar-refractivity contribution in [3.05, 3.63) is 65.7 Å². The summed E-state index contributed by atoms with van der Waals surface area (Å²) < 4.78 is 0. The van der Waals surface area contributed by atoms with Gasteiger partial charge in [-0.25, -0.2) is 4.98 Å². The highest BCUT2D eigenvalue weighted by Gasteiger charge is 2.13. The minimum absolute atomic E-state index is 0.935. The lowest BCUT2D eigenvalue weighted by atomic mass is 9.99. The molecule has 1 heterocycles. The molecule has 1 aromatic heterocycles. The van der Waals surface area contributed by atoms with E-state index in [1.807, 2.05) is 18.2 Å². The Kier molecular flexibility index (Phi) is 2.58. The summed E-state index contributed by atoms with van der Waals surface area (Å²) in [6.07, 6.45) is 0. The first-order valence-corrected chi connectivity index (χ1v) is 7.19. The van der Waals surface area contributed by atoms with E-state index in [1.54, 1.807) is 0 Å². The number of hydrogen-bond acceptors (Lipinski definition) is 1. The Bertz CT molecular complexity index is 950. The molecule has 0 fully saturated rings. The van der Waals surface area contributed by atoms with Crippen LogP contribution in [0.5, 0.6) is 0 Å². The number of fused-ring (bicyclic) bond motifs is 3. The minimum atomic E-state index is 0.935. The molecule has 4 rings (SSSR count). The summed E-state index contributed by atoms with van der Waals surface area (Å²) in [4.78, 5) is 8.36. The summed E-state index contributed by atoms with van der Waals surface area (Å²) in [5, 5.41) is 2.50. The van der Waals surface area contributed by atoms with Gasteiger partial charge in [0.05, 0.1) is 11.0 Å². The second-order valence-electron chi connectivity index (χ2n) is 5.47. The third kappa shape index (κ3) is 1.76. The number of nitrogens with zero attached hydrogens (tertiary/aromatic N) is 1. The van der Waals surface area contributed by atoms with Crippen LogP contribution in [-0.4, -0.2) is 9.97 Å². The first-order chi connectivity index (χ1) is 10.3. The van der Waals surface area contributed by atoms with E-state index in [0.717, 1.165) is 22.4 Å². The second-order valence-corrected chi connectivity index (χ2v) is 5.47. The van der Waals surface area contributed by atoms with Crippen molar-refractivity contribution in [1.29, 1.82) is 0 Å². The molecule has 2 heteroatoms. The van der Waals surface area contributed by atoms with Crippen LogP contribution in [0.1, 0.15) is 11.1 Å². The third-order valence-corrected chi connectivity index (χ3v) is 4.27. The normalized spacial score (nSPS) is 11.3. The van der Waals surface area contributed by atoms with Crippen molar-refractivity contribution < 1.29 is 0 Å². The van der Waals surface area contributed by atoms with Crippen LogP contribution < -0.4 is 0 Å². The van der Waals surface area contributed by atoms with E-state index in [0.29, 0.717) is 0 Å². The number of rotatable bonds is 1. The van der Waals surface area contributed by atoms with Crippen LogP contribution in [0.25, 0.3) is 33.2 Å². The Balaban J connectivity index is 2.12. The first kappa shape index (κ1) is 12.2. The fraction of sp³-hybridized carbons (Fsp3) is 0.105. The van der Waals surface area contributed by atoms with Gasteiger partial charge in [0.2, 0.25) is 0 Å². The fourth-order valence-electron chi connectivity index (χ4n) is 2.98. The fourth-order valence-corrected chi connectivity index (χ4v) is 2.98. The third-order valence-electron chi connectivity index (χ3n) is 4.27. The van der Waals surface area contributed by atoms with Crippen LogP contribution in [0.2, 0.25) is 0 Å². The van der Waals surface area contributed by atoms with Gasteiger partial charge in [-0.2, -0.15) is 0 Å². The maximum absolute atomic E-state index is 4.86. The molecule has 0 radical (unpaired) electrons. The van der Waals surface area contributed by atoms with Crippen molar-refractivity contribution in [1.82, 2.24) is 9.97 Å². The van der Waals surface area contributed by atoms with Gasteiger partial charge in [0, 0.05) is 10.9 Å². The van der Waals surface area contributed by atoms with Gasteiger partial charge in [0.15, 0.2) is 0 Å². The molecule has 2 nitrogen and oxygen atoms in total. The summed E-state index contributed by atoms with van der Waals surface area (Å²) in [5.74, 6) is 0.935. The molecular formula is C19H16N2. The van der Waals surface area contributed by atoms with Crippen molar-refractivity contribution in [2.75, 3.05) is 0 Å². The van der Waals surface area contributed by atoms with Gasteiger partial charge in [-0.05, 0) is 30.4 Å². The molecule has 0 aliphatic rings. The van der Waals surface area contributed by atoms with Crippen LogP contribution in [0, 0.1) is 13.8 Å². The molecule has 0 unspecified atom stereocenters. The Labute approximate surface area is 123 Å². The van der Waals surface area contributed by atoms with E-state index in [-0.39, 0.29) is 0 Å². The molecular weight excluding hydrogens is 256 g/mol. The highest BCUT2D eigenvalue weighted by atomic mass is 14.9. The van der Waals surface area contributed by atoms with Crippen LogP contribution in [0.4, 0.5) is 0 Å². The molecule has 21 heavy (non-hydrogen) atoms. The summed E-state index contributed by atoms with van der Waals surface area (Å²) in [7, 11) is 0. The van der Waals surface area contributed by atoms with Crippen molar-refractivity contribution in [3.8, 4) is 11.4 Å². The zero-order chi connectivity index (χ0) is 14.4. The zero-order valence-corrected chi connectivity index (χ0v) is 12.1.